The van der Waals surface area contributed by atoms with Crippen LogP contribution in [0.5, 0.6) is 0 Å². The van der Waals surface area contributed by atoms with Crippen molar-refractivity contribution < 1.29 is 38.1 Å². The van der Waals surface area contributed by atoms with Crippen molar-refractivity contribution in [3.05, 3.63) is 83.9 Å². The first-order chi connectivity index (χ1) is 23.6. The van der Waals surface area contributed by atoms with Gasteiger partial charge < -0.3 is 23.8 Å². The maximum atomic E-state index is 12.8. The number of amides is 4. The number of hydrogen-bond donors (Lipinski definition) is 0. The third kappa shape index (κ3) is 9.06. The lowest BCUT2D eigenvalue weighted by molar-refractivity contribution is -0.0434. The van der Waals surface area contributed by atoms with Crippen LogP contribution in [-0.2, 0) is 32.2 Å². The van der Waals surface area contributed by atoms with E-state index in [0.29, 0.717) is 19.5 Å². The van der Waals surface area contributed by atoms with E-state index < -0.39 is 35.6 Å². The molecule has 4 atom stereocenters. The Morgan fingerprint density at radius 3 is 1.40 bits per heavy atom. The summed E-state index contributed by atoms with van der Waals surface area (Å²) in [5, 5.41) is 5.63. The highest BCUT2D eigenvalue weighted by atomic mass is 16.6. The summed E-state index contributed by atoms with van der Waals surface area (Å²) in [5.74, 6) is 0. The fourth-order valence-electron chi connectivity index (χ4n) is 6.42. The van der Waals surface area contributed by atoms with Gasteiger partial charge in [-0.25, -0.2) is 39.2 Å². The summed E-state index contributed by atoms with van der Waals surface area (Å²) >= 11 is 0. The standard InChI is InChI=1S/C19H27N3O4.C18H22N2O4/c1-19(2,3)26-18(24)22-16-10-15(11-20(4)12-16)21(22)17(23)25-13-14-8-6-5-7-9-14;1-18(2,3)24-17(22)20-15-10-9-14(11-15)19(20)16(21)23-12-13-7-5-4-6-8-13/h5-9,15-16H,10-13H2,1-4H3;4-10,14-15H,11-12H2,1-3H3. The van der Waals surface area contributed by atoms with Gasteiger partial charge in [-0.2, -0.15) is 0 Å². The molecule has 0 saturated carbocycles. The van der Waals surface area contributed by atoms with Gasteiger partial charge in [-0.15, -0.1) is 0 Å². The van der Waals surface area contributed by atoms with Crippen LogP contribution in [0.2, 0.25) is 0 Å². The van der Waals surface area contributed by atoms with Gasteiger partial charge in [0.05, 0.1) is 24.2 Å². The van der Waals surface area contributed by atoms with E-state index in [9.17, 15) is 19.2 Å². The van der Waals surface area contributed by atoms with Crippen LogP contribution in [-0.4, -0.2) is 105 Å². The molecule has 4 bridgehead atoms. The minimum absolute atomic E-state index is 0.0853. The molecule has 3 aliphatic heterocycles. The van der Waals surface area contributed by atoms with Crippen LogP contribution < -0.4 is 0 Å². The lowest BCUT2D eigenvalue weighted by Gasteiger charge is -2.35. The quantitative estimate of drug-likeness (QED) is 0.267. The number of fused-ring (bicyclic) bond motifs is 4. The zero-order valence-electron chi connectivity index (χ0n) is 30.0. The molecule has 3 saturated heterocycles. The topological polar surface area (TPSA) is 121 Å². The molecule has 4 amide bonds. The van der Waals surface area contributed by atoms with Gasteiger partial charge in [-0.1, -0.05) is 72.8 Å². The number of benzene rings is 2. The fraction of sp³-hybridized carbons (Fsp3) is 0.514. The van der Waals surface area contributed by atoms with E-state index in [1.54, 1.807) is 20.8 Å². The molecule has 0 N–H and O–H groups in total. The van der Waals surface area contributed by atoms with Crippen LogP contribution in [0.3, 0.4) is 0 Å². The fourth-order valence-corrected chi connectivity index (χ4v) is 6.42. The second-order valence-corrected chi connectivity index (χ2v) is 14.9. The molecule has 270 valence electrons. The van der Waals surface area contributed by atoms with Crippen molar-refractivity contribution in [2.45, 2.75) is 103 Å². The lowest BCUT2D eigenvalue weighted by Crippen LogP contribution is -2.53. The van der Waals surface area contributed by atoms with Crippen molar-refractivity contribution in [2.75, 3.05) is 20.1 Å². The number of nitrogens with zero attached hydrogens (tertiary/aromatic N) is 5. The Bertz CT molecular complexity index is 1540. The van der Waals surface area contributed by atoms with Gasteiger partial charge in [0.2, 0.25) is 0 Å². The number of carbonyl (C=O) groups excluding carboxylic acids is 4. The van der Waals surface area contributed by atoms with Gasteiger partial charge in [-0.3, -0.25) is 0 Å². The van der Waals surface area contributed by atoms with Crippen LogP contribution in [0.1, 0.15) is 65.5 Å². The van der Waals surface area contributed by atoms with E-state index in [1.165, 1.54) is 20.0 Å². The second-order valence-electron chi connectivity index (χ2n) is 14.9. The van der Waals surface area contributed by atoms with Crippen molar-refractivity contribution in [1.82, 2.24) is 24.9 Å². The Balaban J connectivity index is 0.000000195. The first kappa shape index (κ1) is 36.5. The second kappa shape index (κ2) is 15.0. The van der Waals surface area contributed by atoms with E-state index in [1.807, 2.05) is 101 Å². The van der Waals surface area contributed by atoms with Crippen molar-refractivity contribution >= 4 is 24.4 Å². The molecule has 3 heterocycles. The van der Waals surface area contributed by atoms with Crippen molar-refractivity contribution in [1.29, 1.82) is 0 Å². The van der Waals surface area contributed by atoms with E-state index >= 15 is 0 Å². The maximum Gasteiger partial charge on any atom is 0.430 e. The summed E-state index contributed by atoms with van der Waals surface area (Å²) in [4.78, 5) is 52.6. The van der Waals surface area contributed by atoms with Crippen LogP contribution in [0.4, 0.5) is 19.2 Å². The zero-order valence-corrected chi connectivity index (χ0v) is 30.0. The highest BCUT2D eigenvalue weighted by molar-refractivity contribution is 5.77. The predicted molar refractivity (Wildman–Crippen MR) is 184 cm³/mol. The van der Waals surface area contributed by atoms with E-state index in [4.69, 9.17) is 18.9 Å². The molecule has 1 aliphatic carbocycles. The summed E-state index contributed by atoms with van der Waals surface area (Å²) < 4.78 is 21.8. The van der Waals surface area contributed by atoms with Gasteiger partial charge in [0, 0.05) is 13.1 Å². The molecule has 50 heavy (non-hydrogen) atoms. The average molecular weight is 692 g/mol. The molecule has 6 rings (SSSR count). The third-order valence-electron chi connectivity index (χ3n) is 8.36. The first-order valence-corrected chi connectivity index (χ1v) is 17.0. The molecule has 4 aliphatic rings. The van der Waals surface area contributed by atoms with Crippen molar-refractivity contribution in [2.24, 2.45) is 0 Å². The van der Waals surface area contributed by atoms with E-state index in [0.717, 1.165) is 17.5 Å². The Hall–Kier alpha value is -4.78. The van der Waals surface area contributed by atoms with E-state index in [-0.39, 0.29) is 37.4 Å². The minimum Gasteiger partial charge on any atom is -0.443 e. The molecular formula is C37H49N5O8. The van der Waals surface area contributed by atoms with Gasteiger partial charge in [0.25, 0.3) is 0 Å². The highest BCUT2D eigenvalue weighted by Crippen LogP contribution is 2.35. The van der Waals surface area contributed by atoms with E-state index in [2.05, 4.69) is 4.90 Å². The highest BCUT2D eigenvalue weighted by Gasteiger charge is 2.51. The Morgan fingerprint density at radius 1 is 0.580 bits per heavy atom. The number of piperidine rings is 1. The monoisotopic (exact) mass is 691 g/mol. The molecule has 2 aromatic carbocycles. The average Bonchev–Trinajstić information content (AvgIpc) is 3.74. The van der Waals surface area contributed by atoms with Gasteiger partial charge in [0.1, 0.15) is 24.4 Å². The van der Waals surface area contributed by atoms with Crippen LogP contribution >= 0.6 is 0 Å². The molecule has 3 fully saturated rings. The van der Waals surface area contributed by atoms with Gasteiger partial charge >= 0.3 is 24.4 Å². The predicted octanol–water partition coefficient (Wildman–Crippen LogP) is 6.35. The molecule has 13 heteroatoms. The molecule has 2 aromatic rings. The van der Waals surface area contributed by atoms with Crippen molar-refractivity contribution in [3.8, 4) is 0 Å². The number of hydrazine groups is 2. The molecule has 0 spiro atoms. The zero-order chi connectivity index (χ0) is 36.2. The number of carbonyl (C=O) groups is 4. The Kier molecular flexibility index (Phi) is 10.9. The smallest absolute Gasteiger partial charge is 0.430 e. The lowest BCUT2D eigenvalue weighted by atomic mass is 10.0. The van der Waals surface area contributed by atoms with Crippen molar-refractivity contribution in [3.63, 3.8) is 0 Å². The summed E-state index contributed by atoms with van der Waals surface area (Å²) in [6, 6.07) is 18.4. The third-order valence-corrected chi connectivity index (χ3v) is 8.36. The molecule has 13 nitrogen and oxygen atoms in total. The van der Waals surface area contributed by atoms with Crippen LogP contribution in [0.15, 0.2) is 72.8 Å². The Labute approximate surface area is 294 Å². The Morgan fingerprint density at radius 2 is 0.960 bits per heavy atom. The maximum absolute atomic E-state index is 12.8. The van der Waals surface area contributed by atoms with Crippen LogP contribution in [0, 0.1) is 0 Å². The minimum atomic E-state index is -0.626. The molecule has 4 unspecified atom stereocenters. The molecule has 0 radical (unpaired) electrons. The summed E-state index contributed by atoms with van der Waals surface area (Å²) in [5.41, 5.74) is 0.556. The van der Waals surface area contributed by atoms with Gasteiger partial charge in [-0.05, 0) is 72.6 Å². The molecular weight excluding hydrogens is 642 g/mol. The van der Waals surface area contributed by atoms with Gasteiger partial charge in [0.15, 0.2) is 0 Å². The first-order valence-electron chi connectivity index (χ1n) is 17.0. The number of likely N-dealkylation sites (N-methyl/N-ethyl adjacent to an activating group) is 1. The SMILES string of the molecule is CC(C)(C)OC(=O)N1C2C=CC(C2)N1C(=O)OCc1ccccc1.CN1CC2CC(C1)N(C(=O)OC(C)(C)C)N2C(=O)OCc1ccccc1. The largest absolute Gasteiger partial charge is 0.443 e. The molecule has 0 aromatic heterocycles. The normalized spacial score (nSPS) is 22.5. The summed E-state index contributed by atoms with van der Waals surface area (Å²) in [6.45, 7) is 12.6. The summed E-state index contributed by atoms with van der Waals surface area (Å²) in [6.07, 6.45) is 3.19. The number of rotatable bonds is 4. The number of likely N-dealkylation sites (tertiary alicyclic amines) is 1. The number of ether oxygens (including phenoxy) is 4. The van der Waals surface area contributed by atoms with Crippen LogP contribution in [0.25, 0.3) is 0 Å². The summed E-state index contributed by atoms with van der Waals surface area (Å²) in [7, 11) is 1.99. The number of hydrogen-bond acceptors (Lipinski definition) is 9.